The van der Waals surface area contributed by atoms with Crippen LogP contribution in [-0.4, -0.2) is 26.8 Å². The topological polar surface area (TPSA) is 21.7 Å². The molecule has 2 heterocycles. The first-order valence-corrected chi connectivity index (χ1v) is 11.2. The van der Waals surface area contributed by atoms with Crippen LogP contribution < -0.4 is 14.4 Å². The zero-order valence-electron chi connectivity index (χ0n) is 17.9. The van der Waals surface area contributed by atoms with E-state index in [-0.39, 0.29) is 7.43 Å². The van der Waals surface area contributed by atoms with Gasteiger partial charge in [0.25, 0.3) is 0 Å². The Morgan fingerprint density at radius 1 is 1.13 bits per heavy atom. The third-order valence-electron chi connectivity index (χ3n) is 5.62. The van der Waals surface area contributed by atoms with Gasteiger partial charge in [0.15, 0.2) is 0 Å². The molecule has 2 aromatic carbocycles. The van der Waals surface area contributed by atoms with Gasteiger partial charge in [-0.05, 0) is 0 Å². The van der Waals surface area contributed by atoms with Gasteiger partial charge in [0, 0.05) is 0 Å². The minimum Gasteiger partial charge on any atom is -0.358 e. The van der Waals surface area contributed by atoms with Gasteiger partial charge in [0.1, 0.15) is 0 Å². The molecule has 0 unspecified atom stereocenters. The normalized spacial score (nSPS) is 13.0. The van der Waals surface area contributed by atoms with Gasteiger partial charge < -0.3 is 7.43 Å². The number of ether oxygens (including phenoxy) is 2. The van der Waals surface area contributed by atoms with Gasteiger partial charge >= 0.3 is 188 Å². The molecule has 164 valence electrons. The van der Waals surface area contributed by atoms with Gasteiger partial charge in [-0.2, -0.15) is 0 Å². The minimum atomic E-state index is 0. The maximum Gasteiger partial charge on any atom is -0.358 e. The van der Waals surface area contributed by atoms with E-state index in [1.165, 1.54) is 22.1 Å². The molecule has 0 spiro atoms. The van der Waals surface area contributed by atoms with Crippen LogP contribution >= 0.6 is 11.3 Å². The zero-order valence-corrected chi connectivity index (χ0v) is 19.7. The number of nitrogens with zero attached hydrogens (tertiary/aromatic N) is 1. The summed E-state index contributed by atoms with van der Waals surface area (Å²) in [5.74, 6) is 1.70. The van der Waals surface area contributed by atoms with Crippen LogP contribution in [0.2, 0.25) is 0 Å². The largest absolute Gasteiger partial charge is 0.358 e. The van der Waals surface area contributed by atoms with E-state index >= 15 is 0 Å². The molecule has 0 aromatic heterocycles. The summed E-state index contributed by atoms with van der Waals surface area (Å²) in [5.41, 5.74) is 5.92. The van der Waals surface area contributed by atoms with E-state index in [1.807, 2.05) is 6.07 Å². The summed E-state index contributed by atoms with van der Waals surface area (Å²) >= 11 is 6.96. The summed E-state index contributed by atoms with van der Waals surface area (Å²) in [4.78, 5) is 3.31. The van der Waals surface area contributed by atoms with Crippen LogP contribution in [0.25, 0.3) is 31.7 Å². The Labute approximate surface area is 195 Å². The smallest absolute Gasteiger partial charge is 0.358 e. The quantitative estimate of drug-likeness (QED) is 0.191. The van der Waals surface area contributed by atoms with Crippen LogP contribution in [0.5, 0.6) is 11.5 Å². The van der Waals surface area contributed by atoms with Crippen LogP contribution in [0.4, 0.5) is 5.69 Å². The fraction of sp³-hybridized carbons (Fsp3) is 0.192. The van der Waals surface area contributed by atoms with E-state index in [2.05, 4.69) is 68.3 Å². The molecule has 0 saturated heterocycles. The van der Waals surface area contributed by atoms with E-state index < -0.39 is 0 Å². The number of rotatable bonds is 3. The molecule has 31 heavy (non-hydrogen) atoms. The first kappa shape index (κ1) is 21.9. The summed E-state index contributed by atoms with van der Waals surface area (Å²) < 4.78 is 14.0. The molecular formula is C26H25NNiO2S-2. The van der Waals surface area contributed by atoms with Gasteiger partial charge in [0.05, 0.1) is 0 Å². The third-order valence-corrected chi connectivity index (χ3v) is 7.23. The average Bonchev–Trinajstić information content (AvgIpc) is 2.75. The summed E-state index contributed by atoms with van der Waals surface area (Å²) in [6.07, 6.45) is 0. The first-order valence-electron chi connectivity index (χ1n) is 9.94. The van der Waals surface area contributed by atoms with Crippen molar-refractivity contribution in [1.82, 2.24) is 0 Å². The predicted molar refractivity (Wildman–Crippen MR) is 128 cm³/mol. The molecule has 3 nitrogen and oxygen atoms in total. The van der Waals surface area contributed by atoms with E-state index in [1.54, 1.807) is 11.3 Å². The van der Waals surface area contributed by atoms with Gasteiger partial charge in [0.2, 0.25) is 0 Å². The molecule has 5 rings (SSSR count). The molecule has 0 atom stereocenters. The maximum atomic E-state index is 6.20. The van der Waals surface area contributed by atoms with Gasteiger partial charge in [-0.15, -0.1) is 0 Å². The standard InChI is InChI=1S/C25H22NO2S.CH3.Ni/c1-4-27-21-11-7-10-18-22(17-9-6-5-8-16(17)2)19-12-13-20-23(25(19)29-24(18)21)28-15-14-26(20)3;;/h5-10,12-13H,1,4,14-15H2,2-3H3;1H3;/q2*-1;. The Morgan fingerprint density at radius 3 is 2.71 bits per heavy atom. The number of anilines is 1. The number of likely N-dealkylation sites (N-methyl/N-ethyl adjacent to an activating group) is 1. The van der Waals surface area contributed by atoms with Crippen LogP contribution in [0.15, 0.2) is 48.5 Å². The van der Waals surface area contributed by atoms with E-state index in [0.717, 1.165) is 43.0 Å². The van der Waals surface area contributed by atoms with Crippen LogP contribution in [0.1, 0.15) is 5.56 Å². The third kappa shape index (κ3) is 3.54. The van der Waals surface area contributed by atoms with Crippen molar-refractivity contribution in [1.29, 1.82) is 0 Å². The number of hydrogen-bond donors (Lipinski definition) is 0. The van der Waals surface area contributed by atoms with Crippen molar-refractivity contribution in [3.63, 3.8) is 0 Å². The Balaban J connectivity index is 0.00000231. The molecule has 1 aliphatic carbocycles. The maximum absolute atomic E-state index is 6.20. The predicted octanol–water partition coefficient (Wildman–Crippen LogP) is 6.55. The summed E-state index contributed by atoms with van der Waals surface area (Å²) in [6, 6.07) is 17.0. The number of fused-ring (bicyclic) bond motifs is 4. The summed E-state index contributed by atoms with van der Waals surface area (Å²) in [5, 5.41) is 1.19. The Bertz CT molecular complexity index is 1300. The van der Waals surface area contributed by atoms with Crippen LogP contribution in [0, 0.1) is 25.4 Å². The number of benzene rings is 3. The Hall–Kier alpha value is -2.36. The van der Waals surface area contributed by atoms with Crippen LogP contribution in [-0.2, 0) is 15.0 Å². The second-order valence-electron chi connectivity index (χ2n) is 7.42. The molecule has 5 heteroatoms. The van der Waals surface area contributed by atoms with E-state index in [0.29, 0.717) is 13.2 Å². The number of hydrogen-bond acceptors (Lipinski definition) is 4. The van der Waals surface area contributed by atoms with Crippen molar-refractivity contribution in [2.45, 2.75) is 6.92 Å². The molecule has 0 amide bonds. The Kier molecular flexibility index (Phi) is 6.10. The van der Waals surface area contributed by atoms with Crippen LogP contribution in [0.3, 0.4) is 0 Å². The van der Waals surface area contributed by atoms with Gasteiger partial charge in [-0.1, -0.05) is 0 Å². The molecular weight excluding hydrogens is 449 g/mol. The molecule has 3 aliphatic rings. The SMILES string of the molecule is [CH2-]COc1c2sc3c4c(ccc3c(-c3ccccc3C)c-2cc[c]1=[Ni])N(C)CCO4.[CH3-]. The number of aryl methyl sites for hydroxylation is 1. The molecule has 0 fully saturated rings. The van der Waals surface area contributed by atoms with Gasteiger partial charge in [-0.3, -0.25) is 0 Å². The van der Waals surface area contributed by atoms with Crippen molar-refractivity contribution < 1.29 is 24.5 Å². The average molecular weight is 474 g/mol. The second kappa shape index (κ2) is 8.65. The molecule has 2 aliphatic heterocycles. The summed E-state index contributed by atoms with van der Waals surface area (Å²) in [6.45, 7) is 7.93. The summed E-state index contributed by atoms with van der Waals surface area (Å²) in [7, 11) is 2.11. The van der Waals surface area contributed by atoms with Gasteiger partial charge in [-0.25, -0.2) is 0 Å². The van der Waals surface area contributed by atoms with Crippen molar-refractivity contribution in [3.05, 3.63) is 72.6 Å². The van der Waals surface area contributed by atoms with Crippen molar-refractivity contribution >= 4 is 27.1 Å². The fourth-order valence-corrected chi connectivity index (χ4v) is 5.77. The molecule has 0 saturated carbocycles. The van der Waals surface area contributed by atoms with Crippen molar-refractivity contribution in [2.75, 3.05) is 31.7 Å². The molecule has 2 aromatic rings. The molecule has 0 bridgehead atoms. The van der Waals surface area contributed by atoms with Crippen molar-refractivity contribution in [3.8, 4) is 33.1 Å². The molecule has 0 N–H and O–H groups in total. The zero-order chi connectivity index (χ0) is 20.8. The Morgan fingerprint density at radius 2 is 1.94 bits per heavy atom. The fourth-order valence-electron chi connectivity index (χ4n) is 4.14. The van der Waals surface area contributed by atoms with Crippen molar-refractivity contribution in [2.24, 2.45) is 0 Å². The second-order valence-corrected chi connectivity index (χ2v) is 8.97. The van der Waals surface area contributed by atoms with E-state index in [9.17, 15) is 0 Å². The monoisotopic (exact) mass is 473 g/mol. The molecule has 0 radical (unpaired) electrons. The van der Waals surface area contributed by atoms with E-state index in [4.69, 9.17) is 24.5 Å². The first-order chi connectivity index (χ1) is 14.6. The minimum absolute atomic E-state index is 0.